The average Bonchev–Trinajstić information content (AvgIpc) is 3.36. The molecule has 2 aromatic carbocycles. The molecule has 7 heteroatoms. The third-order valence-electron chi connectivity index (χ3n) is 7.35. The fourth-order valence-corrected chi connectivity index (χ4v) is 5.61. The number of carboxylic acids is 1. The highest BCUT2D eigenvalue weighted by atomic mass is 32.1. The van der Waals surface area contributed by atoms with E-state index in [0.29, 0.717) is 5.11 Å². The van der Waals surface area contributed by atoms with Gasteiger partial charge in [0.05, 0.1) is 23.3 Å². The van der Waals surface area contributed by atoms with Gasteiger partial charge in [0.25, 0.3) is 0 Å². The first kappa shape index (κ1) is 24.7. The van der Waals surface area contributed by atoms with Gasteiger partial charge < -0.3 is 19.9 Å². The predicted molar refractivity (Wildman–Crippen MR) is 151 cm³/mol. The number of aromatic nitrogens is 2. The Bertz CT molecular complexity index is 1530. The van der Waals surface area contributed by atoms with Gasteiger partial charge in [-0.3, -0.25) is 4.98 Å². The van der Waals surface area contributed by atoms with Crippen LogP contribution in [-0.2, 0) is 0 Å². The van der Waals surface area contributed by atoms with Gasteiger partial charge in [0.1, 0.15) is 0 Å². The summed E-state index contributed by atoms with van der Waals surface area (Å²) < 4.78 is 2.15. The third-order valence-corrected chi connectivity index (χ3v) is 7.67. The van der Waals surface area contributed by atoms with Crippen LogP contribution in [0, 0.1) is 34.6 Å². The zero-order valence-corrected chi connectivity index (χ0v) is 22.4. The zero-order valence-electron chi connectivity index (χ0n) is 21.6. The minimum absolute atomic E-state index is 0.146. The number of carbonyl (C=O) groups is 1. The molecule has 0 saturated carbocycles. The molecule has 188 valence electrons. The lowest BCUT2D eigenvalue weighted by atomic mass is 9.96. The van der Waals surface area contributed by atoms with Gasteiger partial charge in [-0.15, -0.1) is 0 Å². The van der Waals surface area contributed by atoms with Gasteiger partial charge in [-0.2, -0.15) is 0 Å². The highest BCUT2D eigenvalue weighted by molar-refractivity contribution is 7.80. The van der Waals surface area contributed by atoms with Crippen LogP contribution in [0.2, 0.25) is 0 Å². The molecule has 0 aliphatic carbocycles. The van der Waals surface area contributed by atoms with E-state index < -0.39 is 5.97 Å². The fourth-order valence-electron chi connectivity index (χ4n) is 5.27. The molecule has 2 atom stereocenters. The fraction of sp³-hybridized carbons (Fsp3) is 0.233. The van der Waals surface area contributed by atoms with Crippen molar-refractivity contribution in [2.45, 2.75) is 46.7 Å². The first-order chi connectivity index (χ1) is 17.7. The number of hydrogen-bond donors (Lipinski definition) is 2. The number of aryl methyl sites for hydroxylation is 4. The van der Waals surface area contributed by atoms with E-state index >= 15 is 0 Å². The summed E-state index contributed by atoms with van der Waals surface area (Å²) in [6.45, 7) is 10.4. The lowest BCUT2D eigenvalue weighted by Gasteiger charge is -2.28. The number of hydrogen-bond acceptors (Lipinski definition) is 3. The smallest absolute Gasteiger partial charge is 0.335 e. The number of benzene rings is 2. The summed E-state index contributed by atoms with van der Waals surface area (Å²) in [5.41, 5.74) is 9.67. The molecule has 1 aliphatic heterocycles. The molecule has 6 nitrogen and oxygen atoms in total. The van der Waals surface area contributed by atoms with Gasteiger partial charge in [-0.1, -0.05) is 18.2 Å². The van der Waals surface area contributed by atoms with Crippen LogP contribution in [0.5, 0.6) is 0 Å². The molecule has 1 saturated heterocycles. The van der Waals surface area contributed by atoms with Crippen molar-refractivity contribution in [1.29, 1.82) is 0 Å². The van der Waals surface area contributed by atoms with Crippen molar-refractivity contribution in [3.8, 4) is 5.69 Å². The van der Waals surface area contributed by atoms with Crippen LogP contribution in [0.4, 0.5) is 5.69 Å². The van der Waals surface area contributed by atoms with Crippen molar-refractivity contribution in [3.63, 3.8) is 0 Å². The van der Waals surface area contributed by atoms with E-state index in [2.05, 4.69) is 71.7 Å². The van der Waals surface area contributed by atoms with Gasteiger partial charge in [-0.25, -0.2) is 4.79 Å². The lowest BCUT2D eigenvalue weighted by molar-refractivity contribution is 0.0697. The molecule has 0 amide bonds. The first-order valence-corrected chi connectivity index (χ1v) is 12.7. The monoisotopic (exact) mass is 510 g/mol. The van der Waals surface area contributed by atoms with Crippen LogP contribution >= 0.6 is 12.2 Å². The number of carboxylic acid groups (broad SMARTS) is 1. The van der Waals surface area contributed by atoms with Crippen molar-refractivity contribution in [1.82, 2.24) is 14.9 Å². The topological polar surface area (TPSA) is 70.4 Å². The standard InChI is InChI=1S/C30H30N4O2S/c1-17-10-12-23(14-19(17)3)34-28(27(32-30(34)37)25-8-6-7-13-31-25)24-15-20(4)33(21(24)5)26-16-22(29(35)36)11-9-18(26)2/h6-16,27-28H,1-5H3,(H,32,37)(H,35,36)/t27-,28-/m1/s1. The Hall–Kier alpha value is -3.97. The number of anilines is 1. The third kappa shape index (κ3) is 4.29. The van der Waals surface area contributed by atoms with E-state index in [4.69, 9.17) is 12.2 Å². The summed E-state index contributed by atoms with van der Waals surface area (Å²) in [7, 11) is 0. The maximum Gasteiger partial charge on any atom is 0.335 e. The molecule has 2 aromatic heterocycles. The first-order valence-electron chi connectivity index (χ1n) is 12.3. The summed E-state index contributed by atoms with van der Waals surface area (Å²) in [5, 5.41) is 13.8. The SMILES string of the molecule is Cc1ccc(N2C(=S)N[C@H](c3ccccn3)[C@H]2c2cc(C)n(-c3cc(C(=O)O)ccc3C)c2C)cc1C. The molecule has 1 fully saturated rings. The molecule has 0 radical (unpaired) electrons. The Balaban J connectivity index is 1.71. The normalized spacial score (nSPS) is 17.2. The van der Waals surface area contributed by atoms with E-state index in [1.807, 2.05) is 31.2 Å². The molecular formula is C30H30N4O2S. The number of thiocarbonyl (C=S) groups is 1. The van der Waals surface area contributed by atoms with Crippen LogP contribution in [0.1, 0.15) is 61.8 Å². The maximum atomic E-state index is 11.7. The van der Waals surface area contributed by atoms with Crippen LogP contribution in [-0.4, -0.2) is 25.7 Å². The molecular weight excluding hydrogens is 480 g/mol. The number of nitrogens with one attached hydrogen (secondary N) is 1. The van der Waals surface area contributed by atoms with Gasteiger partial charge in [0, 0.05) is 29.0 Å². The second-order valence-corrected chi connectivity index (χ2v) is 10.1. The minimum atomic E-state index is -0.939. The molecule has 3 heterocycles. The molecule has 0 spiro atoms. The zero-order chi connectivity index (χ0) is 26.4. The van der Waals surface area contributed by atoms with Crippen molar-refractivity contribution < 1.29 is 9.90 Å². The lowest BCUT2D eigenvalue weighted by Crippen LogP contribution is -2.29. The summed E-state index contributed by atoms with van der Waals surface area (Å²) in [4.78, 5) is 18.6. The average molecular weight is 511 g/mol. The van der Waals surface area contributed by atoms with Crippen molar-refractivity contribution in [2.75, 3.05) is 4.90 Å². The Kier molecular flexibility index (Phi) is 6.33. The molecule has 0 unspecified atom stereocenters. The van der Waals surface area contributed by atoms with Crippen LogP contribution in [0.3, 0.4) is 0 Å². The van der Waals surface area contributed by atoms with Crippen LogP contribution in [0.25, 0.3) is 5.69 Å². The summed E-state index contributed by atoms with van der Waals surface area (Å²) in [5.74, 6) is -0.939. The van der Waals surface area contributed by atoms with E-state index in [1.165, 1.54) is 11.1 Å². The van der Waals surface area contributed by atoms with Crippen LogP contribution in [0.15, 0.2) is 66.9 Å². The second kappa shape index (κ2) is 9.48. The van der Waals surface area contributed by atoms with E-state index in [-0.39, 0.29) is 17.6 Å². The van der Waals surface area contributed by atoms with Crippen LogP contribution < -0.4 is 10.2 Å². The molecule has 0 bridgehead atoms. The van der Waals surface area contributed by atoms with Crippen molar-refractivity contribution in [2.24, 2.45) is 0 Å². The molecule has 1 aliphatic rings. The van der Waals surface area contributed by atoms with E-state index in [1.54, 1.807) is 18.3 Å². The Labute approximate surface area is 222 Å². The number of aromatic carboxylic acids is 1. The predicted octanol–water partition coefficient (Wildman–Crippen LogP) is 6.29. The molecule has 4 aromatic rings. The van der Waals surface area contributed by atoms with Crippen molar-refractivity contribution >= 4 is 29.0 Å². The minimum Gasteiger partial charge on any atom is -0.478 e. The van der Waals surface area contributed by atoms with E-state index in [0.717, 1.165) is 39.6 Å². The second-order valence-electron chi connectivity index (χ2n) is 9.73. The van der Waals surface area contributed by atoms with Gasteiger partial charge in [0.15, 0.2) is 5.11 Å². The van der Waals surface area contributed by atoms with Crippen molar-refractivity contribution in [3.05, 3.63) is 112 Å². The summed E-state index contributed by atoms with van der Waals surface area (Å²) in [6, 6.07) is 19.5. The summed E-state index contributed by atoms with van der Waals surface area (Å²) in [6.07, 6.45) is 1.81. The number of nitrogens with zero attached hydrogens (tertiary/aromatic N) is 3. The number of pyridine rings is 1. The maximum absolute atomic E-state index is 11.7. The van der Waals surface area contributed by atoms with Gasteiger partial charge >= 0.3 is 5.97 Å². The van der Waals surface area contributed by atoms with E-state index in [9.17, 15) is 9.90 Å². The Morgan fingerprint density at radius 1 is 0.946 bits per heavy atom. The largest absolute Gasteiger partial charge is 0.478 e. The molecule has 2 N–H and O–H groups in total. The quantitative estimate of drug-likeness (QED) is 0.308. The van der Waals surface area contributed by atoms with Gasteiger partial charge in [0.2, 0.25) is 0 Å². The van der Waals surface area contributed by atoms with Gasteiger partial charge in [-0.05, 0) is 112 Å². The highest BCUT2D eigenvalue weighted by Crippen LogP contribution is 2.44. The molecule has 37 heavy (non-hydrogen) atoms. The Morgan fingerprint density at radius 3 is 2.38 bits per heavy atom. The Morgan fingerprint density at radius 2 is 1.70 bits per heavy atom. The summed E-state index contributed by atoms with van der Waals surface area (Å²) >= 11 is 5.91. The highest BCUT2D eigenvalue weighted by Gasteiger charge is 2.42. The molecule has 5 rings (SSSR count). The number of rotatable bonds is 5.